The molecule has 0 aliphatic carbocycles. The first-order chi connectivity index (χ1) is 19.7. The summed E-state index contributed by atoms with van der Waals surface area (Å²) in [7, 11) is 6.88. The third-order valence-corrected chi connectivity index (χ3v) is 5.62. The summed E-state index contributed by atoms with van der Waals surface area (Å²) in [6.07, 6.45) is 10.4. The van der Waals surface area contributed by atoms with E-state index in [1.807, 2.05) is 11.8 Å². The van der Waals surface area contributed by atoms with Crippen molar-refractivity contribution >= 4 is 29.4 Å². The summed E-state index contributed by atoms with van der Waals surface area (Å²) >= 11 is 0. The Hall–Kier alpha value is -5.36. The number of esters is 1. The second-order valence-corrected chi connectivity index (χ2v) is 8.05. The highest BCUT2D eigenvalue weighted by molar-refractivity contribution is 6.08. The number of imide groups is 1. The number of amides is 3. The molecule has 0 bridgehead atoms. The standard InChI is InChI=1S/C29H30N2O10/c1-8-25(32)30-20-17-21(36-3)22(16-19(20)29(35)40-7)41-12-10-11-31(26(33)9-2)27(34)15-18-13-23(37-4)28(39-6)24(14-18)38-5/h1-2,13-14,16-17H,10-12,15H2,3-7H3,(H,30,32). The van der Waals surface area contributed by atoms with Crippen LogP contribution in [0.3, 0.4) is 0 Å². The highest BCUT2D eigenvalue weighted by atomic mass is 16.5. The molecular formula is C29H30N2O10. The monoisotopic (exact) mass is 566 g/mol. The van der Waals surface area contributed by atoms with Crippen LogP contribution >= 0.6 is 0 Å². The molecule has 0 aliphatic rings. The van der Waals surface area contributed by atoms with Gasteiger partial charge in [0.15, 0.2) is 23.0 Å². The van der Waals surface area contributed by atoms with Gasteiger partial charge in [-0.25, -0.2) is 4.79 Å². The number of hydrogen-bond donors (Lipinski definition) is 1. The number of methoxy groups -OCH3 is 5. The molecule has 2 aromatic rings. The van der Waals surface area contributed by atoms with Gasteiger partial charge in [-0.05, 0) is 36.0 Å². The number of ether oxygens (including phenoxy) is 6. The molecule has 0 spiro atoms. The van der Waals surface area contributed by atoms with Gasteiger partial charge >= 0.3 is 11.9 Å². The molecule has 216 valence electrons. The van der Waals surface area contributed by atoms with Crippen LogP contribution in [0.4, 0.5) is 5.69 Å². The molecule has 0 fully saturated rings. The zero-order valence-corrected chi connectivity index (χ0v) is 23.3. The Morgan fingerprint density at radius 1 is 0.829 bits per heavy atom. The van der Waals surface area contributed by atoms with Crippen molar-refractivity contribution in [2.45, 2.75) is 12.8 Å². The van der Waals surface area contributed by atoms with Crippen molar-refractivity contribution in [3.8, 4) is 53.4 Å². The van der Waals surface area contributed by atoms with Crippen LogP contribution in [0, 0.1) is 24.7 Å². The summed E-state index contributed by atoms with van der Waals surface area (Å²) in [4.78, 5) is 50.4. The molecule has 0 atom stereocenters. The minimum Gasteiger partial charge on any atom is -0.493 e. The number of hydrogen-bond acceptors (Lipinski definition) is 10. The van der Waals surface area contributed by atoms with Crippen molar-refractivity contribution in [1.82, 2.24) is 4.90 Å². The Kier molecular flexibility index (Phi) is 11.9. The van der Waals surface area contributed by atoms with Gasteiger partial charge in [0.1, 0.15) is 0 Å². The maximum atomic E-state index is 13.1. The third-order valence-electron chi connectivity index (χ3n) is 5.62. The Labute approximate surface area is 237 Å². The molecule has 0 saturated carbocycles. The number of carbonyl (C=O) groups excluding carboxylic acids is 4. The van der Waals surface area contributed by atoms with E-state index in [4.69, 9.17) is 41.3 Å². The smallest absolute Gasteiger partial charge is 0.340 e. The number of nitrogens with one attached hydrogen (secondary N) is 1. The van der Waals surface area contributed by atoms with Gasteiger partial charge in [-0.1, -0.05) is 0 Å². The summed E-state index contributed by atoms with van der Waals surface area (Å²) < 4.78 is 31.8. The fourth-order valence-corrected chi connectivity index (χ4v) is 3.70. The minimum absolute atomic E-state index is 0.00114. The topological polar surface area (TPSA) is 139 Å². The second kappa shape index (κ2) is 15.3. The lowest BCUT2D eigenvalue weighted by Gasteiger charge is -2.20. The predicted octanol–water partition coefficient (Wildman–Crippen LogP) is 2.08. The molecule has 1 N–H and O–H groups in total. The van der Waals surface area contributed by atoms with Gasteiger partial charge in [-0.2, -0.15) is 0 Å². The third kappa shape index (κ3) is 8.07. The van der Waals surface area contributed by atoms with E-state index in [0.717, 1.165) is 4.90 Å². The SMILES string of the molecule is C#CC(=O)Nc1cc(OC)c(OCCCN(C(=O)C#C)C(=O)Cc2cc(OC)c(OC)c(OC)c2)cc1C(=O)OC. The molecule has 0 unspecified atom stereocenters. The fraction of sp³-hybridized carbons (Fsp3) is 0.310. The van der Waals surface area contributed by atoms with E-state index >= 15 is 0 Å². The van der Waals surface area contributed by atoms with Crippen LogP contribution in [0.25, 0.3) is 0 Å². The molecular weight excluding hydrogens is 536 g/mol. The quantitative estimate of drug-likeness (QED) is 0.218. The maximum Gasteiger partial charge on any atom is 0.340 e. The van der Waals surface area contributed by atoms with Crippen LogP contribution < -0.4 is 29.0 Å². The first-order valence-electron chi connectivity index (χ1n) is 12.0. The summed E-state index contributed by atoms with van der Waals surface area (Å²) in [6.45, 7) is -0.0619. The molecule has 2 aromatic carbocycles. The zero-order chi connectivity index (χ0) is 30.5. The van der Waals surface area contributed by atoms with Gasteiger partial charge < -0.3 is 33.7 Å². The van der Waals surface area contributed by atoms with E-state index in [-0.39, 0.29) is 48.7 Å². The van der Waals surface area contributed by atoms with Crippen molar-refractivity contribution < 1.29 is 47.6 Å². The van der Waals surface area contributed by atoms with Crippen LogP contribution in [0.5, 0.6) is 28.7 Å². The lowest BCUT2D eigenvalue weighted by atomic mass is 10.1. The van der Waals surface area contributed by atoms with Crippen LogP contribution in [0.2, 0.25) is 0 Å². The fourth-order valence-electron chi connectivity index (χ4n) is 3.70. The number of carbonyl (C=O) groups is 4. The lowest BCUT2D eigenvalue weighted by molar-refractivity contribution is -0.141. The van der Waals surface area contributed by atoms with Crippen molar-refractivity contribution in [2.75, 3.05) is 54.0 Å². The van der Waals surface area contributed by atoms with Crippen molar-refractivity contribution in [1.29, 1.82) is 0 Å². The Morgan fingerprint density at radius 2 is 1.46 bits per heavy atom. The van der Waals surface area contributed by atoms with E-state index < -0.39 is 23.7 Å². The Bertz CT molecular complexity index is 1360. The highest BCUT2D eigenvalue weighted by Gasteiger charge is 2.23. The number of nitrogens with zero attached hydrogens (tertiary/aromatic N) is 1. The minimum atomic E-state index is -0.818. The number of terminal acetylenes is 2. The van der Waals surface area contributed by atoms with E-state index in [9.17, 15) is 19.2 Å². The summed E-state index contributed by atoms with van der Waals surface area (Å²) in [5.41, 5.74) is 0.538. The van der Waals surface area contributed by atoms with Gasteiger partial charge in [0.25, 0.3) is 5.91 Å². The molecule has 12 heteroatoms. The lowest BCUT2D eigenvalue weighted by Crippen LogP contribution is -2.38. The van der Waals surface area contributed by atoms with Crippen LogP contribution in [-0.2, 0) is 25.5 Å². The maximum absolute atomic E-state index is 13.1. The van der Waals surface area contributed by atoms with E-state index in [0.29, 0.717) is 22.8 Å². The normalized spacial score (nSPS) is 9.83. The van der Waals surface area contributed by atoms with Gasteiger partial charge in [-0.15, -0.1) is 12.8 Å². The average molecular weight is 567 g/mol. The van der Waals surface area contributed by atoms with Crippen molar-refractivity contribution in [2.24, 2.45) is 0 Å². The predicted molar refractivity (Wildman–Crippen MR) is 147 cm³/mol. The molecule has 12 nitrogen and oxygen atoms in total. The molecule has 2 rings (SSSR count). The van der Waals surface area contributed by atoms with Gasteiger partial charge in [0.2, 0.25) is 11.7 Å². The summed E-state index contributed by atoms with van der Waals surface area (Å²) in [5.74, 6) is 2.33. The van der Waals surface area contributed by atoms with E-state index in [1.54, 1.807) is 12.1 Å². The van der Waals surface area contributed by atoms with Crippen LogP contribution in [-0.4, -0.2) is 77.3 Å². The molecule has 0 saturated heterocycles. The van der Waals surface area contributed by atoms with Crippen LogP contribution in [0.1, 0.15) is 22.3 Å². The van der Waals surface area contributed by atoms with Crippen molar-refractivity contribution in [3.05, 3.63) is 35.4 Å². The molecule has 41 heavy (non-hydrogen) atoms. The average Bonchev–Trinajstić information content (AvgIpc) is 2.99. The molecule has 3 amide bonds. The first kappa shape index (κ1) is 31.9. The molecule has 0 aliphatic heterocycles. The van der Waals surface area contributed by atoms with Crippen molar-refractivity contribution in [3.63, 3.8) is 0 Å². The molecule has 0 aromatic heterocycles. The molecule has 0 radical (unpaired) electrons. The van der Waals surface area contributed by atoms with Gasteiger partial charge in [-0.3, -0.25) is 19.3 Å². The number of anilines is 1. The van der Waals surface area contributed by atoms with Gasteiger partial charge in [0, 0.05) is 18.7 Å². The summed E-state index contributed by atoms with van der Waals surface area (Å²) in [5, 5.41) is 2.40. The second-order valence-electron chi connectivity index (χ2n) is 8.05. The first-order valence-corrected chi connectivity index (χ1v) is 12.0. The van der Waals surface area contributed by atoms with E-state index in [2.05, 4.69) is 5.32 Å². The zero-order valence-electron chi connectivity index (χ0n) is 23.3. The number of benzene rings is 2. The number of rotatable bonds is 13. The van der Waals surface area contributed by atoms with Crippen LogP contribution in [0.15, 0.2) is 24.3 Å². The Morgan fingerprint density at radius 3 is 1.98 bits per heavy atom. The summed E-state index contributed by atoms with van der Waals surface area (Å²) in [6, 6.07) is 5.87. The Balaban J connectivity index is 2.19. The van der Waals surface area contributed by atoms with Gasteiger partial charge in [0.05, 0.1) is 59.8 Å². The van der Waals surface area contributed by atoms with E-state index in [1.165, 1.54) is 47.7 Å². The highest BCUT2D eigenvalue weighted by Crippen LogP contribution is 2.38. The molecule has 0 heterocycles. The largest absolute Gasteiger partial charge is 0.493 e.